The van der Waals surface area contributed by atoms with Crippen LogP contribution in [0.3, 0.4) is 0 Å². The first-order chi connectivity index (χ1) is 7.72. The summed E-state index contributed by atoms with van der Waals surface area (Å²) >= 11 is 0. The van der Waals surface area contributed by atoms with Gasteiger partial charge in [-0.15, -0.1) is 5.73 Å². The Morgan fingerprint density at radius 1 is 1.12 bits per heavy atom. The molecule has 0 fully saturated rings. The van der Waals surface area contributed by atoms with Crippen LogP contribution in [0, 0.1) is 0 Å². The van der Waals surface area contributed by atoms with E-state index in [4.69, 9.17) is 0 Å². The van der Waals surface area contributed by atoms with Gasteiger partial charge in [-0.25, -0.2) is 0 Å². The zero-order chi connectivity index (χ0) is 12.6. The molecule has 88 valence electrons. The van der Waals surface area contributed by atoms with Crippen molar-refractivity contribution in [3.05, 3.63) is 47.2 Å². The third-order valence-electron chi connectivity index (χ3n) is 2.67. The van der Waals surface area contributed by atoms with E-state index in [0.29, 0.717) is 0 Å². The topological polar surface area (TPSA) is 0 Å². The Balaban J connectivity index is 0.00000106. The van der Waals surface area contributed by atoms with E-state index in [1.54, 1.807) is 0 Å². The molecule has 16 heavy (non-hydrogen) atoms. The van der Waals surface area contributed by atoms with Crippen molar-refractivity contribution in [2.75, 3.05) is 0 Å². The highest BCUT2D eigenvalue weighted by molar-refractivity contribution is 5.63. The Morgan fingerprint density at radius 2 is 1.69 bits per heavy atom. The lowest BCUT2D eigenvalue weighted by molar-refractivity contribution is 1.03. The molecule has 0 heterocycles. The van der Waals surface area contributed by atoms with Crippen LogP contribution in [0.1, 0.15) is 51.3 Å². The summed E-state index contributed by atoms with van der Waals surface area (Å²) < 4.78 is 0. The number of rotatable bonds is 3. The molecule has 0 saturated carbocycles. The third kappa shape index (κ3) is 3.72. The summed E-state index contributed by atoms with van der Waals surface area (Å²) in [5.74, 6) is 0. The summed E-state index contributed by atoms with van der Waals surface area (Å²) in [6, 6.07) is 6.63. The number of hydrogen-bond acceptors (Lipinski definition) is 0. The lowest BCUT2D eigenvalue weighted by atomic mass is 9.97. The Bertz CT molecular complexity index is 366. The molecule has 0 saturated heterocycles. The van der Waals surface area contributed by atoms with Gasteiger partial charge in [-0.05, 0) is 42.0 Å². The SMILES string of the molecule is C=C=C(C)c1ccc(CC)c(CC)c1.CC. The Kier molecular flexibility index (Phi) is 7.33. The summed E-state index contributed by atoms with van der Waals surface area (Å²) in [4.78, 5) is 0. The maximum Gasteiger partial charge on any atom is -0.00251 e. The second-order valence-electron chi connectivity index (χ2n) is 3.49. The van der Waals surface area contributed by atoms with Gasteiger partial charge in [0, 0.05) is 0 Å². The first-order valence-corrected chi connectivity index (χ1v) is 6.21. The van der Waals surface area contributed by atoms with Crippen LogP contribution >= 0.6 is 0 Å². The minimum absolute atomic E-state index is 1.10. The Labute approximate surface area is 101 Å². The molecule has 0 radical (unpaired) electrons. The van der Waals surface area contributed by atoms with Crippen LogP contribution in [0.25, 0.3) is 5.57 Å². The molecular weight excluding hydrogens is 192 g/mol. The van der Waals surface area contributed by atoms with Crippen LogP contribution in [0.5, 0.6) is 0 Å². The van der Waals surface area contributed by atoms with Gasteiger partial charge in [0.1, 0.15) is 0 Å². The van der Waals surface area contributed by atoms with Crippen LogP contribution in [0.4, 0.5) is 0 Å². The molecule has 0 aromatic heterocycles. The zero-order valence-corrected chi connectivity index (χ0v) is 11.4. The smallest absolute Gasteiger partial charge is 0.00251 e. The summed E-state index contributed by atoms with van der Waals surface area (Å²) in [6.07, 6.45) is 2.21. The van der Waals surface area contributed by atoms with Crippen molar-refractivity contribution < 1.29 is 0 Å². The fourth-order valence-electron chi connectivity index (χ4n) is 1.64. The van der Waals surface area contributed by atoms with E-state index in [-0.39, 0.29) is 0 Å². The van der Waals surface area contributed by atoms with Gasteiger partial charge >= 0.3 is 0 Å². The highest BCUT2D eigenvalue weighted by atomic mass is 14.1. The van der Waals surface area contributed by atoms with Crippen molar-refractivity contribution in [1.29, 1.82) is 0 Å². The van der Waals surface area contributed by atoms with Crippen molar-refractivity contribution in [2.24, 2.45) is 0 Å². The van der Waals surface area contributed by atoms with E-state index in [2.05, 4.69) is 44.4 Å². The predicted octanol–water partition coefficient (Wildman–Crippen LogP) is 5.03. The minimum atomic E-state index is 1.10. The molecule has 0 heteroatoms. The molecular formula is C16H24. The summed E-state index contributed by atoms with van der Waals surface area (Å²) in [7, 11) is 0. The van der Waals surface area contributed by atoms with Gasteiger partial charge in [-0.1, -0.05) is 52.5 Å². The van der Waals surface area contributed by atoms with Gasteiger partial charge in [0.05, 0.1) is 0 Å². The second-order valence-corrected chi connectivity index (χ2v) is 3.49. The van der Waals surface area contributed by atoms with E-state index in [1.807, 2.05) is 20.8 Å². The molecule has 0 spiro atoms. The van der Waals surface area contributed by atoms with Gasteiger partial charge in [-0.3, -0.25) is 0 Å². The summed E-state index contributed by atoms with van der Waals surface area (Å²) in [5, 5.41) is 0. The number of hydrogen-bond donors (Lipinski definition) is 0. The van der Waals surface area contributed by atoms with Crippen molar-refractivity contribution >= 4 is 5.57 Å². The monoisotopic (exact) mass is 216 g/mol. The molecule has 0 bridgehead atoms. The average Bonchev–Trinajstić information content (AvgIpc) is 2.39. The van der Waals surface area contributed by atoms with E-state index >= 15 is 0 Å². The normalized spacial score (nSPS) is 8.81. The molecule has 0 nitrogen and oxygen atoms in total. The quantitative estimate of drug-likeness (QED) is 0.622. The van der Waals surface area contributed by atoms with Crippen LogP contribution in [-0.4, -0.2) is 0 Å². The lowest BCUT2D eigenvalue weighted by Crippen LogP contribution is -1.92. The first kappa shape index (κ1) is 14.7. The predicted molar refractivity (Wildman–Crippen MR) is 74.8 cm³/mol. The molecule has 1 rings (SSSR count). The van der Waals surface area contributed by atoms with Crippen LogP contribution in [0.2, 0.25) is 0 Å². The molecule has 0 atom stereocenters. The van der Waals surface area contributed by atoms with E-state index in [9.17, 15) is 0 Å². The maximum atomic E-state index is 3.67. The molecule has 1 aromatic rings. The maximum absolute atomic E-state index is 3.67. The third-order valence-corrected chi connectivity index (χ3v) is 2.67. The van der Waals surface area contributed by atoms with Gasteiger partial charge in [0.25, 0.3) is 0 Å². The van der Waals surface area contributed by atoms with Gasteiger partial charge in [0.2, 0.25) is 0 Å². The molecule has 0 aliphatic rings. The van der Waals surface area contributed by atoms with Crippen molar-refractivity contribution in [3.8, 4) is 0 Å². The highest BCUT2D eigenvalue weighted by Crippen LogP contribution is 2.18. The Hall–Kier alpha value is -1.26. The van der Waals surface area contributed by atoms with Gasteiger partial charge < -0.3 is 0 Å². The summed E-state index contributed by atoms with van der Waals surface area (Å²) in [5.41, 5.74) is 8.20. The van der Waals surface area contributed by atoms with Gasteiger partial charge in [-0.2, -0.15) is 0 Å². The average molecular weight is 216 g/mol. The molecule has 0 N–H and O–H groups in total. The van der Waals surface area contributed by atoms with Crippen molar-refractivity contribution in [1.82, 2.24) is 0 Å². The largest absolute Gasteiger partial charge is 0.125 e. The first-order valence-electron chi connectivity index (χ1n) is 6.21. The van der Waals surface area contributed by atoms with E-state index in [1.165, 1.54) is 16.7 Å². The number of aryl methyl sites for hydroxylation is 2. The van der Waals surface area contributed by atoms with Crippen LogP contribution < -0.4 is 0 Å². The zero-order valence-electron chi connectivity index (χ0n) is 11.4. The number of allylic oxidation sites excluding steroid dienone is 1. The minimum Gasteiger partial charge on any atom is -0.125 e. The summed E-state index contributed by atoms with van der Waals surface area (Å²) in [6.45, 7) is 14.1. The lowest BCUT2D eigenvalue weighted by Gasteiger charge is -2.08. The van der Waals surface area contributed by atoms with E-state index < -0.39 is 0 Å². The standard InChI is InChI=1S/C14H18.C2H6/c1-5-11(4)14-9-8-12(6-2)13(7-3)10-14;1-2/h8-10H,1,6-7H2,2-4H3;1-2H3. The fourth-order valence-corrected chi connectivity index (χ4v) is 1.64. The van der Waals surface area contributed by atoms with E-state index in [0.717, 1.165) is 18.4 Å². The van der Waals surface area contributed by atoms with Crippen LogP contribution in [-0.2, 0) is 12.8 Å². The second kappa shape index (κ2) is 7.96. The molecule has 0 aliphatic carbocycles. The number of benzene rings is 1. The fraction of sp³-hybridized carbons (Fsp3) is 0.438. The van der Waals surface area contributed by atoms with Crippen LogP contribution in [0.15, 0.2) is 30.5 Å². The van der Waals surface area contributed by atoms with Crippen molar-refractivity contribution in [2.45, 2.75) is 47.5 Å². The molecule has 0 amide bonds. The van der Waals surface area contributed by atoms with Gasteiger partial charge in [0.15, 0.2) is 0 Å². The van der Waals surface area contributed by atoms with Crippen molar-refractivity contribution in [3.63, 3.8) is 0 Å². The Morgan fingerprint density at radius 3 is 2.12 bits per heavy atom. The molecule has 0 aliphatic heterocycles. The molecule has 1 aromatic carbocycles. The highest BCUT2D eigenvalue weighted by Gasteiger charge is 2.01. The molecule has 0 unspecified atom stereocenters.